The summed E-state index contributed by atoms with van der Waals surface area (Å²) in [5.41, 5.74) is 6.09. The van der Waals surface area contributed by atoms with Gasteiger partial charge in [0.2, 0.25) is 0 Å². The van der Waals surface area contributed by atoms with Crippen LogP contribution in [0.25, 0.3) is 0 Å². The monoisotopic (exact) mass is 314 g/mol. The molecule has 2 heterocycles. The van der Waals surface area contributed by atoms with Gasteiger partial charge in [-0.1, -0.05) is 0 Å². The Morgan fingerprint density at radius 1 is 1.47 bits per heavy atom. The molecule has 17 heavy (non-hydrogen) atoms. The van der Waals surface area contributed by atoms with Gasteiger partial charge in [0.1, 0.15) is 4.88 Å². The fourth-order valence-corrected chi connectivity index (χ4v) is 4.57. The van der Waals surface area contributed by atoms with Crippen LogP contribution < -0.4 is 5.73 Å². The van der Waals surface area contributed by atoms with Crippen LogP contribution in [0.5, 0.6) is 0 Å². The first-order valence-corrected chi connectivity index (χ1v) is 7.62. The smallest absolute Gasteiger partial charge is 0.265 e. The molecule has 3 atom stereocenters. The van der Waals surface area contributed by atoms with Crippen molar-refractivity contribution in [2.75, 3.05) is 13.1 Å². The molecule has 1 aliphatic carbocycles. The highest BCUT2D eigenvalue weighted by Gasteiger charge is 2.42. The van der Waals surface area contributed by atoms with Crippen molar-refractivity contribution in [1.29, 1.82) is 0 Å². The number of nitrogens with two attached hydrogens (primary N) is 1. The number of fused-ring (bicyclic) bond motifs is 1. The number of halogens is 1. The number of carbonyl (C=O) groups excluding carboxylic acids is 1. The lowest BCUT2D eigenvalue weighted by Gasteiger charge is -2.18. The van der Waals surface area contributed by atoms with E-state index in [0.29, 0.717) is 17.9 Å². The topological polar surface area (TPSA) is 46.3 Å². The van der Waals surface area contributed by atoms with E-state index >= 15 is 0 Å². The Balaban J connectivity index is 1.75. The van der Waals surface area contributed by atoms with Gasteiger partial charge in [0.05, 0.1) is 0 Å². The molecule has 3 rings (SSSR count). The van der Waals surface area contributed by atoms with E-state index in [0.717, 1.165) is 28.9 Å². The van der Waals surface area contributed by atoms with Gasteiger partial charge >= 0.3 is 0 Å². The molecule has 1 saturated heterocycles. The van der Waals surface area contributed by atoms with Crippen LogP contribution in [0.3, 0.4) is 0 Å². The molecule has 2 fully saturated rings. The lowest BCUT2D eigenvalue weighted by atomic mass is 9.98. The van der Waals surface area contributed by atoms with Gasteiger partial charge in [-0.2, -0.15) is 0 Å². The molecular weight excluding hydrogens is 300 g/mol. The molecule has 1 aromatic heterocycles. The average molecular weight is 315 g/mol. The van der Waals surface area contributed by atoms with Gasteiger partial charge in [-0.3, -0.25) is 4.79 Å². The molecule has 1 amide bonds. The van der Waals surface area contributed by atoms with E-state index in [2.05, 4.69) is 15.9 Å². The van der Waals surface area contributed by atoms with Crippen molar-refractivity contribution in [2.45, 2.75) is 18.9 Å². The first-order valence-electron chi connectivity index (χ1n) is 5.94. The molecule has 2 aliphatic rings. The summed E-state index contributed by atoms with van der Waals surface area (Å²) in [5.74, 6) is 1.32. The van der Waals surface area contributed by atoms with Crippen LogP contribution in [0.15, 0.2) is 15.9 Å². The third-order valence-electron chi connectivity index (χ3n) is 4.01. The van der Waals surface area contributed by atoms with Crippen LogP contribution in [-0.4, -0.2) is 29.9 Å². The summed E-state index contributed by atoms with van der Waals surface area (Å²) in [6, 6.07) is 2.23. The van der Waals surface area contributed by atoms with Crippen molar-refractivity contribution in [3.63, 3.8) is 0 Å². The summed E-state index contributed by atoms with van der Waals surface area (Å²) >= 11 is 4.93. The van der Waals surface area contributed by atoms with E-state index in [4.69, 9.17) is 5.73 Å². The van der Waals surface area contributed by atoms with Crippen molar-refractivity contribution >= 4 is 33.2 Å². The molecule has 0 spiro atoms. The standard InChI is InChI=1S/C12H15BrN2OS/c13-9-3-4-17-11(9)12(16)15-5-7-1-2-10(14)8(7)6-15/h3-4,7-8,10H,1-2,5-6,14H2. The number of hydrogen-bond acceptors (Lipinski definition) is 3. The van der Waals surface area contributed by atoms with Crippen LogP contribution in [0.1, 0.15) is 22.5 Å². The minimum atomic E-state index is 0.161. The second kappa shape index (κ2) is 4.37. The Kier molecular flexibility index (Phi) is 3.00. The number of rotatable bonds is 1. The Bertz CT molecular complexity index is 447. The molecule has 2 N–H and O–H groups in total. The minimum Gasteiger partial charge on any atom is -0.337 e. The van der Waals surface area contributed by atoms with Gasteiger partial charge in [0.25, 0.3) is 5.91 Å². The third kappa shape index (κ3) is 1.94. The summed E-state index contributed by atoms with van der Waals surface area (Å²) in [4.78, 5) is 15.1. The van der Waals surface area contributed by atoms with Gasteiger partial charge in [0.15, 0.2) is 0 Å². The first kappa shape index (κ1) is 11.7. The van der Waals surface area contributed by atoms with E-state index < -0.39 is 0 Å². The lowest BCUT2D eigenvalue weighted by Crippen LogP contribution is -2.33. The molecule has 1 aromatic rings. The average Bonchev–Trinajstić information content (AvgIpc) is 2.96. The van der Waals surface area contributed by atoms with Crippen LogP contribution in [0.4, 0.5) is 0 Å². The molecule has 1 aliphatic heterocycles. The summed E-state index contributed by atoms with van der Waals surface area (Å²) in [6.07, 6.45) is 2.31. The summed E-state index contributed by atoms with van der Waals surface area (Å²) in [5, 5.41) is 1.94. The number of amides is 1. The number of thiophene rings is 1. The summed E-state index contributed by atoms with van der Waals surface area (Å²) in [6.45, 7) is 1.73. The highest BCUT2D eigenvalue weighted by molar-refractivity contribution is 9.10. The zero-order valence-electron chi connectivity index (χ0n) is 9.43. The Labute approximate surface area is 113 Å². The Morgan fingerprint density at radius 2 is 2.29 bits per heavy atom. The van der Waals surface area contributed by atoms with Gasteiger partial charge < -0.3 is 10.6 Å². The van der Waals surface area contributed by atoms with Gasteiger partial charge in [-0.25, -0.2) is 0 Å². The maximum atomic E-state index is 12.3. The number of likely N-dealkylation sites (tertiary alicyclic amines) is 1. The number of hydrogen-bond donors (Lipinski definition) is 1. The fourth-order valence-electron chi connectivity index (χ4n) is 3.06. The SMILES string of the molecule is NC1CCC2CN(C(=O)c3sccc3Br)CC12. The zero-order chi connectivity index (χ0) is 12.0. The van der Waals surface area contributed by atoms with E-state index in [1.165, 1.54) is 17.8 Å². The van der Waals surface area contributed by atoms with Gasteiger partial charge in [-0.15, -0.1) is 11.3 Å². The van der Waals surface area contributed by atoms with Crippen LogP contribution in [-0.2, 0) is 0 Å². The van der Waals surface area contributed by atoms with E-state index in [1.807, 2.05) is 16.3 Å². The first-order chi connectivity index (χ1) is 8.16. The molecule has 3 nitrogen and oxygen atoms in total. The van der Waals surface area contributed by atoms with Crippen molar-refractivity contribution in [3.05, 3.63) is 20.8 Å². The maximum Gasteiger partial charge on any atom is 0.265 e. The van der Waals surface area contributed by atoms with Crippen LogP contribution in [0, 0.1) is 11.8 Å². The summed E-state index contributed by atoms with van der Waals surface area (Å²) in [7, 11) is 0. The highest BCUT2D eigenvalue weighted by Crippen LogP contribution is 2.38. The lowest BCUT2D eigenvalue weighted by molar-refractivity contribution is 0.0783. The summed E-state index contributed by atoms with van der Waals surface area (Å²) < 4.78 is 0.911. The van der Waals surface area contributed by atoms with E-state index in [1.54, 1.807) is 0 Å². The molecule has 3 unspecified atom stereocenters. The van der Waals surface area contributed by atoms with E-state index in [-0.39, 0.29) is 5.91 Å². The van der Waals surface area contributed by atoms with E-state index in [9.17, 15) is 4.79 Å². The Hall–Kier alpha value is -0.390. The molecule has 5 heteroatoms. The Morgan fingerprint density at radius 3 is 2.94 bits per heavy atom. The number of nitrogens with zero attached hydrogens (tertiary/aromatic N) is 1. The molecule has 1 saturated carbocycles. The van der Waals surface area contributed by atoms with Crippen LogP contribution >= 0.6 is 27.3 Å². The number of carbonyl (C=O) groups is 1. The molecule has 0 bridgehead atoms. The third-order valence-corrected chi connectivity index (χ3v) is 5.84. The maximum absolute atomic E-state index is 12.3. The van der Waals surface area contributed by atoms with Crippen molar-refractivity contribution in [3.8, 4) is 0 Å². The van der Waals surface area contributed by atoms with Crippen molar-refractivity contribution < 1.29 is 4.79 Å². The minimum absolute atomic E-state index is 0.161. The molecule has 0 radical (unpaired) electrons. The molecule has 92 valence electrons. The zero-order valence-corrected chi connectivity index (χ0v) is 11.8. The quantitative estimate of drug-likeness (QED) is 0.864. The molecule has 0 aromatic carbocycles. The normalized spacial score (nSPS) is 31.9. The largest absolute Gasteiger partial charge is 0.337 e. The highest BCUT2D eigenvalue weighted by atomic mass is 79.9. The second-order valence-electron chi connectivity index (χ2n) is 4.97. The van der Waals surface area contributed by atoms with Crippen molar-refractivity contribution in [1.82, 2.24) is 4.90 Å². The van der Waals surface area contributed by atoms with Gasteiger partial charge in [-0.05, 0) is 52.1 Å². The van der Waals surface area contributed by atoms with Crippen molar-refractivity contribution in [2.24, 2.45) is 17.6 Å². The second-order valence-corrected chi connectivity index (χ2v) is 6.74. The predicted octanol–water partition coefficient (Wildman–Crippen LogP) is 2.32. The van der Waals surface area contributed by atoms with Crippen LogP contribution in [0.2, 0.25) is 0 Å². The predicted molar refractivity (Wildman–Crippen MR) is 72.1 cm³/mol. The molecular formula is C12H15BrN2OS. The fraction of sp³-hybridized carbons (Fsp3) is 0.583. The van der Waals surface area contributed by atoms with Gasteiger partial charge in [0, 0.05) is 23.6 Å².